The summed E-state index contributed by atoms with van der Waals surface area (Å²) in [7, 11) is 0. The number of fused-ring (bicyclic) bond motifs is 1. The summed E-state index contributed by atoms with van der Waals surface area (Å²) < 4.78 is 30.5. The lowest BCUT2D eigenvalue weighted by Gasteiger charge is -2.00. The van der Waals surface area contributed by atoms with Crippen LogP contribution in [0, 0.1) is 6.92 Å². The maximum Gasteiger partial charge on any atom is 0.103 e. The Morgan fingerprint density at radius 2 is 1.92 bits per heavy atom. The molecule has 0 radical (unpaired) electrons. The second-order valence-corrected chi connectivity index (χ2v) is 3.13. The predicted molar refractivity (Wildman–Crippen MR) is 52.0 cm³/mol. The molecule has 0 fully saturated rings. The van der Waals surface area contributed by atoms with Crippen molar-refractivity contribution in [1.29, 1.82) is 0 Å². The van der Waals surface area contributed by atoms with Gasteiger partial charge in [-0.25, -0.2) is 0 Å². The summed E-state index contributed by atoms with van der Waals surface area (Å²) >= 11 is 3.17. The lowest BCUT2D eigenvalue weighted by atomic mass is 10.2. The van der Waals surface area contributed by atoms with E-state index in [1.165, 1.54) is 0 Å². The largest absolute Gasteiger partial charge is 0.253 e. The Balaban J connectivity index is 3.02. The van der Waals surface area contributed by atoms with Crippen molar-refractivity contribution in [2.75, 3.05) is 0 Å². The Morgan fingerprint density at radius 1 is 1.25 bits per heavy atom. The minimum absolute atomic E-state index is 0.0245. The van der Waals surface area contributed by atoms with Gasteiger partial charge in [-0.05, 0) is 34.5 Å². The van der Waals surface area contributed by atoms with E-state index in [1.807, 2.05) is 0 Å². The Kier molecular flexibility index (Phi) is 1.02. The number of aromatic nitrogens is 2. The second kappa shape index (κ2) is 2.83. The zero-order chi connectivity index (χ0) is 12.0. The van der Waals surface area contributed by atoms with Gasteiger partial charge in [0.15, 0.2) is 0 Å². The van der Waals surface area contributed by atoms with Gasteiger partial charge < -0.3 is 0 Å². The quantitative estimate of drug-likeness (QED) is 0.691. The van der Waals surface area contributed by atoms with E-state index in [-0.39, 0.29) is 24.4 Å². The van der Waals surface area contributed by atoms with Crippen LogP contribution >= 0.6 is 15.9 Å². The van der Waals surface area contributed by atoms with Gasteiger partial charge in [0.05, 0.1) is 11.0 Å². The van der Waals surface area contributed by atoms with Crippen LogP contribution in [0.25, 0.3) is 11.0 Å². The molecule has 0 aliphatic rings. The average molecular weight is 227 g/mol. The Hall–Kier alpha value is -0.960. The third kappa shape index (κ3) is 1.10. The lowest BCUT2D eigenvalue weighted by molar-refractivity contribution is 1.27. The molecule has 0 saturated carbocycles. The van der Waals surface area contributed by atoms with Crippen LogP contribution in [-0.4, -0.2) is 9.97 Å². The molecule has 12 heavy (non-hydrogen) atoms. The predicted octanol–water partition coefficient (Wildman–Crippen LogP) is 2.70. The van der Waals surface area contributed by atoms with E-state index in [2.05, 4.69) is 25.9 Å². The molecule has 0 N–H and O–H groups in total. The summed E-state index contributed by atoms with van der Waals surface area (Å²) in [6.07, 6.45) is -0.454. The van der Waals surface area contributed by atoms with Gasteiger partial charge in [0.2, 0.25) is 0 Å². The molecule has 0 amide bonds. The highest BCUT2D eigenvalue weighted by molar-refractivity contribution is 9.10. The van der Waals surface area contributed by atoms with Gasteiger partial charge in [-0.1, -0.05) is 6.04 Å². The number of nitrogens with zero attached hydrogens (tertiary/aromatic N) is 2. The Labute approximate surface area is 84.4 Å². The van der Waals surface area contributed by atoms with E-state index in [0.29, 0.717) is 21.1 Å². The summed E-state index contributed by atoms with van der Waals surface area (Å²) in [5.74, 6) is 0. The summed E-state index contributed by atoms with van der Waals surface area (Å²) in [6, 6.07) is 0.0854. The topological polar surface area (TPSA) is 25.8 Å². The van der Waals surface area contributed by atoms with Gasteiger partial charge in [0, 0.05) is 16.8 Å². The van der Waals surface area contributed by atoms with Crippen LogP contribution < -0.4 is 0 Å². The van der Waals surface area contributed by atoms with Crippen molar-refractivity contribution in [2.45, 2.75) is 6.92 Å². The van der Waals surface area contributed by atoms with Crippen LogP contribution in [-0.2, 0) is 0 Å². The molecule has 2 nitrogen and oxygen atoms in total. The Morgan fingerprint density at radius 3 is 2.67 bits per heavy atom. The minimum Gasteiger partial charge on any atom is -0.253 e. The van der Waals surface area contributed by atoms with E-state index in [0.717, 1.165) is 0 Å². The molecule has 3 heteroatoms. The molecule has 2 rings (SSSR count). The van der Waals surface area contributed by atoms with E-state index in [1.54, 1.807) is 6.92 Å². The van der Waals surface area contributed by atoms with Crippen molar-refractivity contribution in [2.24, 2.45) is 0 Å². The van der Waals surface area contributed by atoms with E-state index >= 15 is 0 Å². The first-order valence-electron chi connectivity index (χ1n) is 5.33. The first kappa shape index (κ1) is 4.33. The van der Waals surface area contributed by atoms with Crippen LogP contribution in [0.3, 0.4) is 0 Å². The molecule has 0 aliphatic carbocycles. The number of aryl methyl sites for hydroxylation is 1. The van der Waals surface area contributed by atoms with Crippen molar-refractivity contribution in [1.82, 2.24) is 9.97 Å². The maximum atomic E-state index is 7.70. The molecule has 1 aromatic carbocycles. The number of hydrogen-bond acceptors (Lipinski definition) is 2. The number of hydrogen-bond donors (Lipinski definition) is 0. The third-order valence-electron chi connectivity index (χ3n) is 1.53. The van der Waals surface area contributed by atoms with E-state index < -0.39 is 0 Å². The SMILES string of the molecule is [2H]c1nc2c(C)c([2H])c([2H])c(Br)c2nc1[2H]. The maximum absolute atomic E-state index is 7.70. The number of halogens is 1. The zero-order valence-electron chi connectivity index (χ0n) is 10.3. The van der Waals surface area contributed by atoms with Gasteiger partial charge in [0.1, 0.15) is 5.52 Å². The fourth-order valence-electron chi connectivity index (χ4n) is 0.949. The molecule has 1 heterocycles. The second-order valence-electron chi connectivity index (χ2n) is 2.33. The third-order valence-corrected chi connectivity index (χ3v) is 2.11. The standard InChI is InChI=1S/C9H7BrN2/c1-6-2-3-7(10)9-8(6)11-4-5-12-9/h2-5H,1H3/i2D,3D,4D,5D. The summed E-state index contributed by atoms with van der Waals surface area (Å²) in [5.41, 5.74) is 1.26. The molecule has 0 spiro atoms. The number of rotatable bonds is 0. The highest BCUT2D eigenvalue weighted by atomic mass is 79.9. The summed E-state index contributed by atoms with van der Waals surface area (Å²) in [6.45, 7) is 1.66. The van der Waals surface area contributed by atoms with Crippen molar-refractivity contribution in [3.63, 3.8) is 0 Å². The van der Waals surface area contributed by atoms with E-state index in [4.69, 9.17) is 5.48 Å². The highest BCUT2D eigenvalue weighted by Crippen LogP contribution is 2.22. The molecule has 0 aliphatic heterocycles. The van der Waals surface area contributed by atoms with Crippen LogP contribution in [0.5, 0.6) is 0 Å². The lowest BCUT2D eigenvalue weighted by Crippen LogP contribution is -1.86. The first-order valence-corrected chi connectivity index (χ1v) is 4.13. The van der Waals surface area contributed by atoms with Crippen molar-refractivity contribution >= 4 is 27.0 Å². The molecule has 0 bridgehead atoms. The number of benzene rings is 1. The monoisotopic (exact) mass is 226 g/mol. The van der Waals surface area contributed by atoms with Crippen LogP contribution in [0.2, 0.25) is 0 Å². The van der Waals surface area contributed by atoms with Crippen LogP contribution in [0.15, 0.2) is 28.9 Å². The smallest absolute Gasteiger partial charge is 0.103 e. The Bertz CT molecular complexity index is 548. The van der Waals surface area contributed by atoms with Gasteiger partial charge in [-0.2, -0.15) is 0 Å². The first-order chi connectivity index (χ1) is 7.43. The minimum atomic E-state index is -0.232. The molecular formula is C9H7BrN2. The summed E-state index contributed by atoms with van der Waals surface area (Å²) in [4.78, 5) is 7.82. The molecule has 0 saturated heterocycles. The molecule has 60 valence electrons. The fraction of sp³-hybridized carbons (Fsp3) is 0.111. The summed E-state index contributed by atoms with van der Waals surface area (Å²) in [5, 5.41) is 0. The zero-order valence-corrected chi connectivity index (χ0v) is 7.86. The van der Waals surface area contributed by atoms with Gasteiger partial charge in [-0.3, -0.25) is 9.97 Å². The molecular weight excluding hydrogens is 216 g/mol. The van der Waals surface area contributed by atoms with Crippen molar-refractivity contribution in [3.8, 4) is 0 Å². The van der Waals surface area contributed by atoms with Crippen LogP contribution in [0.4, 0.5) is 0 Å². The van der Waals surface area contributed by atoms with Crippen LogP contribution in [0.1, 0.15) is 11.0 Å². The normalized spacial score (nSPS) is 15.2. The van der Waals surface area contributed by atoms with Gasteiger partial charge in [0.25, 0.3) is 0 Å². The average Bonchev–Trinajstić information content (AvgIpc) is 2.26. The van der Waals surface area contributed by atoms with Gasteiger partial charge in [-0.15, -0.1) is 0 Å². The highest BCUT2D eigenvalue weighted by Gasteiger charge is 2.01. The molecule has 0 atom stereocenters. The fourth-order valence-corrected chi connectivity index (χ4v) is 1.32. The molecule has 0 unspecified atom stereocenters. The van der Waals surface area contributed by atoms with E-state index in [9.17, 15) is 0 Å². The van der Waals surface area contributed by atoms with Crippen molar-refractivity contribution < 1.29 is 5.48 Å². The molecule has 2 aromatic rings. The van der Waals surface area contributed by atoms with Gasteiger partial charge >= 0.3 is 0 Å². The molecule has 1 aromatic heterocycles. The van der Waals surface area contributed by atoms with Crippen molar-refractivity contribution in [3.05, 3.63) is 34.5 Å².